The number of carbonyl (C=O) groups excluding carboxylic acids is 1. The fourth-order valence-electron chi connectivity index (χ4n) is 4.21. The fourth-order valence-corrected chi connectivity index (χ4v) is 5.85. The lowest BCUT2D eigenvalue weighted by Crippen LogP contribution is -2.41. The van der Waals surface area contributed by atoms with Gasteiger partial charge in [0.15, 0.2) is 11.5 Å². The summed E-state index contributed by atoms with van der Waals surface area (Å²) in [5.74, 6) is 0.552. The SMILES string of the molecule is COC(=O)CC1c2cc(OC)c(OC)cc2CCN1S(=O)(=O)c1ccc2ccccc2c1. The number of sulfonamides is 1. The van der Waals surface area contributed by atoms with Crippen molar-refractivity contribution >= 4 is 26.8 Å². The van der Waals surface area contributed by atoms with Crippen LogP contribution in [0.1, 0.15) is 23.6 Å². The molecule has 0 saturated heterocycles. The van der Waals surface area contributed by atoms with Gasteiger partial charge in [-0.1, -0.05) is 30.3 Å². The van der Waals surface area contributed by atoms with Crippen LogP contribution in [0.5, 0.6) is 11.5 Å². The molecule has 168 valence electrons. The minimum absolute atomic E-state index is 0.105. The molecule has 8 heteroatoms. The summed E-state index contributed by atoms with van der Waals surface area (Å²) in [5, 5.41) is 1.79. The van der Waals surface area contributed by atoms with Crippen LogP contribution in [-0.4, -0.2) is 46.6 Å². The third-order valence-electron chi connectivity index (χ3n) is 5.87. The van der Waals surface area contributed by atoms with Gasteiger partial charge in [0, 0.05) is 6.54 Å². The number of esters is 1. The summed E-state index contributed by atoms with van der Waals surface area (Å²) in [5.41, 5.74) is 1.63. The van der Waals surface area contributed by atoms with Gasteiger partial charge in [0.1, 0.15) is 0 Å². The minimum Gasteiger partial charge on any atom is -0.493 e. The highest BCUT2D eigenvalue weighted by Gasteiger charge is 2.38. The maximum absolute atomic E-state index is 13.7. The zero-order valence-corrected chi connectivity index (χ0v) is 19.0. The summed E-state index contributed by atoms with van der Waals surface area (Å²) < 4.78 is 44.5. The Hall–Kier alpha value is -3.10. The molecular weight excluding hydrogens is 430 g/mol. The monoisotopic (exact) mass is 455 g/mol. The van der Waals surface area contributed by atoms with E-state index in [2.05, 4.69) is 0 Å². The Morgan fingerprint density at radius 1 is 0.969 bits per heavy atom. The average Bonchev–Trinajstić information content (AvgIpc) is 2.82. The number of methoxy groups -OCH3 is 3. The molecule has 1 atom stereocenters. The van der Waals surface area contributed by atoms with Gasteiger partial charge in [-0.25, -0.2) is 8.42 Å². The van der Waals surface area contributed by atoms with E-state index in [1.54, 1.807) is 31.4 Å². The van der Waals surface area contributed by atoms with E-state index in [0.29, 0.717) is 23.5 Å². The van der Waals surface area contributed by atoms with Gasteiger partial charge in [0.2, 0.25) is 10.0 Å². The van der Waals surface area contributed by atoms with Crippen molar-refractivity contribution in [2.75, 3.05) is 27.9 Å². The number of benzene rings is 3. The Kier molecular flexibility index (Phi) is 6.08. The van der Waals surface area contributed by atoms with Crippen LogP contribution in [0, 0.1) is 0 Å². The highest BCUT2D eigenvalue weighted by Crippen LogP contribution is 2.41. The predicted octanol–water partition coefficient (Wildman–Crippen LogP) is 3.71. The molecule has 4 rings (SSSR count). The van der Waals surface area contributed by atoms with Crippen LogP contribution in [0.4, 0.5) is 0 Å². The van der Waals surface area contributed by atoms with Crippen molar-refractivity contribution in [3.05, 3.63) is 65.7 Å². The number of hydrogen-bond acceptors (Lipinski definition) is 6. The maximum Gasteiger partial charge on any atom is 0.307 e. The number of carbonyl (C=O) groups is 1. The summed E-state index contributed by atoms with van der Waals surface area (Å²) in [4.78, 5) is 12.4. The molecule has 0 aliphatic carbocycles. The molecule has 1 unspecified atom stereocenters. The molecule has 32 heavy (non-hydrogen) atoms. The topological polar surface area (TPSA) is 82.1 Å². The number of nitrogens with zero attached hydrogens (tertiary/aromatic N) is 1. The summed E-state index contributed by atoms with van der Waals surface area (Å²) >= 11 is 0. The zero-order chi connectivity index (χ0) is 22.9. The molecule has 0 bridgehead atoms. The Balaban J connectivity index is 1.82. The van der Waals surface area contributed by atoms with Gasteiger partial charge in [0.25, 0.3) is 0 Å². The van der Waals surface area contributed by atoms with E-state index in [-0.39, 0.29) is 17.9 Å². The first-order valence-electron chi connectivity index (χ1n) is 10.2. The molecule has 0 N–H and O–H groups in total. The van der Waals surface area contributed by atoms with Gasteiger partial charge in [0.05, 0.1) is 38.7 Å². The van der Waals surface area contributed by atoms with E-state index in [9.17, 15) is 13.2 Å². The molecule has 0 amide bonds. The van der Waals surface area contributed by atoms with Crippen molar-refractivity contribution in [1.82, 2.24) is 4.31 Å². The van der Waals surface area contributed by atoms with Crippen molar-refractivity contribution < 1.29 is 27.4 Å². The van der Waals surface area contributed by atoms with Gasteiger partial charge in [-0.15, -0.1) is 0 Å². The molecule has 7 nitrogen and oxygen atoms in total. The van der Waals surface area contributed by atoms with Crippen molar-refractivity contribution in [2.45, 2.75) is 23.8 Å². The van der Waals surface area contributed by atoms with Crippen LogP contribution in [-0.2, 0) is 26.0 Å². The summed E-state index contributed by atoms with van der Waals surface area (Å²) in [7, 11) is 0.484. The molecular formula is C24H25NO6S. The lowest BCUT2D eigenvalue weighted by Gasteiger charge is -2.36. The Morgan fingerprint density at radius 2 is 1.66 bits per heavy atom. The number of rotatable bonds is 6. The third kappa shape index (κ3) is 3.91. The van der Waals surface area contributed by atoms with Gasteiger partial charge in [-0.3, -0.25) is 4.79 Å². The molecule has 3 aromatic rings. The minimum atomic E-state index is -3.88. The van der Waals surface area contributed by atoms with Crippen LogP contribution >= 0.6 is 0 Å². The van der Waals surface area contributed by atoms with Gasteiger partial charge < -0.3 is 14.2 Å². The van der Waals surface area contributed by atoms with E-state index < -0.39 is 22.0 Å². The first-order valence-corrected chi connectivity index (χ1v) is 11.6. The second-order valence-electron chi connectivity index (χ2n) is 7.58. The average molecular weight is 456 g/mol. The predicted molar refractivity (Wildman–Crippen MR) is 120 cm³/mol. The lowest BCUT2D eigenvalue weighted by atomic mass is 9.91. The lowest BCUT2D eigenvalue weighted by molar-refractivity contribution is -0.141. The largest absolute Gasteiger partial charge is 0.493 e. The second kappa shape index (κ2) is 8.80. The van der Waals surface area contributed by atoms with E-state index in [0.717, 1.165) is 16.3 Å². The molecule has 3 aromatic carbocycles. The molecule has 0 fully saturated rings. The molecule has 1 aliphatic heterocycles. The van der Waals surface area contributed by atoms with E-state index in [1.807, 2.05) is 30.3 Å². The Bertz CT molecular complexity index is 1270. The quantitative estimate of drug-likeness (QED) is 0.527. The Labute approximate surface area is 187 Å². The number of hydrogen-bond donors (Lipinski definition) is 0. The highest BCUT2D eigenvalue weighted by molar-refractivity contribution is 7.89. The summed E-state index contributed by atoms with van der Waals surface area (Å²) in [6.07, 6.45) is 0.381. The second-order valence-corrected chi connectivity index (χ2v) is 9.47. The first kappa shape index (κ1) is 22.1. The normalized spacial score (nSPS) is 16.4. The van der Waals surface area contributed by atoms with E-state index in [4.69, 9.17) is 14.2 Å². The Morgan fingerprint density at radius 3 is 2.34 bits per heavy atom. The van der Waals surface area contributed by atoms with E-state index in [1.165, 1.54) is 18.5 Å². The smallest absolute Gasteiger partial charge is 0.307 e. The summed E-state index contributed by atoms with van der Waals surface area (Å²) in [6, 6.07) is 15.5. The molecule has 0 spiro atoms. The highest BCUT2D eigenvalue weighted by atomic mass is 32.2. The first-order chi connectivity index (χ1) is 15.4. The van der Waals surface area contributed by atoms with Gasteiger partial charge in [-0.05, 0) is 52.6 Å². The molecule has 0 aromatic heterocycles. The van der Waals surface area contributed by atoms with Crippen LogP contribution < -0.4 is 9.47 Å². The number of fused-ring (bicyclic) bond motifs is 2. The standard InChI is InChI=1S/C24H25NO6S/c1-29-22-13-18-10-11-25(21(15-24(26)31-3)20(18)14-23(22)30-2)32(27,28)19-9-8-16-6-4-5-7-17(16)12-19/h4-9,12-14,21H,10-11,15H2,1-3H3. The van der Waals surface area contributed by atoms with Crippen molar-refractivity contribution in [3.8, 4) is 11.5 Å². The van der Waals surface area contributed by atoms with Crippen molar-refractivity contribution in [1.29, 1.82) is 0 Å². The van der Waals surface area contributed by atoms with E-state index >= 15 is 0 Å². The zero-order valence-electron chi connectivity index (χ0n) is 18.2. The third-order valence-corrected chi connectivity index (χ3v) is 7.77. The maximum atomic E-state index is 13.7. The molecule has 0 saturated carbocycles. The van der Waals surface area contributed by atoms with Crippen LogP contribution in [0.15, 0.2) is 59.5 Å². The van der Waals surface area contributed by atoms with Crippen LogP contribution in [0.2, 0.25) is 0 Å². The number of ether oxygens (including phenoxy) is 3. The molecule has 1 aliphatic rings. The van der Waals surface area contributed by atoms with Gasteiger partial charge in [-0.2, -0.15) is 4.31 Å². The van der Waals surface area contributed by atoms with Gasteiger partial charge >= 0.3 is 5.97 Å². The molecule has 1 heterocycles. The van der Waals surface area contributed by atoms with Crippen LogP contribution in [0.25, 0.3) is 10.8 Å². The van der Waals surface area contributed by atoms with Crippen LogP contribution in [0.3, 0.4) is 0 Å². The molecule has 0 radical (unpaired) electrons. The summed E-state index contributed by atoms with van der Waals surface area (Å²) in [6.45, 7) is 0.235. The van der Waals surface area contributed by atoms with Crippen molar-refractivity contribution in [2.24, 2.45) is 0 Å². The fraction of sp³-hybridized carbons (Fsp3) is 0.292. The van der Waals surface area contributed by atoms with Crippen molar-refractivity contribution in [3.63, 3.8) is 0 Å².